The second-order valence-corrected chi connectivity index (χ2v) is 5.29. The van der Waals surface area contributed by atoms with E-state index in [0.717, 1.165) is 0 Å². The molecule has 8 nitrogen and oxygen atoms in total. The number of alkyl carbamates (subject to hydrolysis) is 1. The molecule has 0 fully saturated rings. The summed E-state index contributed by atoms with van der Waals surface area (Å²) < 4.78 is 11.2. The first kappa shape index (κ1) is 18.0. The SMILES string of the molecule is COCCn1cc(NC(=O)[C@H](CC(C)C)NC(=O)OC)cn1. The predicted octanol–water partition coefficient (Wildman–Crippen LogP) is 1.24. The van der Waals surface area contributed by atoms with Crippen LogP contribution in [-0.4, -0.2) is 48.6 Å². The average molecular weight is 312 g/mol. The number of methoxy groups -OCH3 is 2. The predicted molar refractivity (Wildman–Crippen MR) is 81.5 cm³/mol. The number of nitrogens with zero attached hydrogens (tertiary/aromatic N) is 2. The van der Waals surface area contributed by atoms with E-state index in [1.807, 2.05) is 13.8 Å². The molecule has 124 valence electrons. The monoisotopic (exact) mass is 312 g/mol. The second kappa shape index (κ2) is 9.04. The first-order valence-corrected chi connectivity index (χ1v) is 7.13. The number of carbonyl (C=O) groups excluding carboxylic acids is 2. The Balaban J connectivity index is 2.64. The average Bonchev–Trinajstić information content (AvgIpc) is 2.91. The Bertz CT molecular complexity index is 487. The highest BCUT2D eigenvalue weighted by Crippen LogP contribution is 2.10. The molecule has 0 saturated carbocycles. The van der Waals surface area contributed by atoms with Crippen molar-refractivity contribution in [1.29, 1.82) is 0 Å². The van der Waals surface area contributed by atoms with Gasteiger partial charge in [0.15, 0.2) is 0 Å². The minimum atomic E-state index is -0.658. The molecule has 1 aromatic heterocycles. The maximum Gasteiger partial charge on any atom is 0.407 e. The van der Waals surface area contributed by atoms with E-state index in [2.05, 4.69) is 20.5 Å². The van der Waals surface area contributed by atoms with Gasteiger partial charge in [0.25, 0.3) is 0 Å². The maximum absolute atomic E-state index is 12.3. The van der Waals surface area contributed by atoms with E-state index in [0.29, 0.717) is 25.3 Å². The van der Waals surface area contributed by atoms with E-state index in [4.69, 9.17) is 4.74 Å². The molecule has 1 atom stereocenters. The Morgan fingerprint density at radius 3 is 2.68 bits per heavy atom. The van der Waals surface area contributed by atoms with Gasteiger partial charge in [-0.05, 0) is 12.3 Å². The summed E-state index contributed by atoms with van der Waals surface area (Å²) in [6.45, 7) is 5.08. The van der Waals surface area contributed by atoms with Crippen LogP contribution >= 0.6 is 0 Å². The Morgan fingerprint density at radius 2 is 2.09 bits per heavy atom. The second-order valence-electron chi connectivity index (χ2n) is 5.29. The van der Waals surface area contributed by atoms with Crippen LogP contribution in [0.5, 0.6) is 0 Å². The summed E-state index contributed by atoms with van der Waals surface area (Å²) in [5.74, 6) is -0.0530. The van der Waals surface area contributed by atoms with Crippen molar-refractivity contribution in [3.8, 4) is 0 Å². The van der Waals surface area contributed by atoms with Crippen LogP contribution in [0.25, 0.3) is 0 Å². The van der Waals surface area contributed by atoms with Gasteiger partial charge in [-0.25, -0.2) is 4.79 Å². The number of carbonyl (C=O) groups is 2. The van der Waals surface area contributed by atoms with Gasteiger partial charge in [-0.1, -0.05) is 13.8 Å². The van der Waals surface area contributed by atoms with Gasteiger partial charge in [-0.15, -0.1) is 0 Å². The molecule has 22 heavy (non-hydrogen) atoms. The third kappa shape index (κ3) is 6.13. The summed E-state index contributed by atoms with van der Waals surface area (Å²) in [4.78, 5) is 23.6. The summed E-state index contributed by atoms with van der Waals surface area (Å²) in [5, 5.41) is 9.39. The topological polar surface area (TPSA) is 94.5 Å². The quantitative estimate of drug-likeness (QED) is 0.753. The van der Waals surface area contributed by atoms with Crippen molar-refractivity contribution >= 4 is 17.7 Å². The maximum atomic E-state index is 12.3. The molecule has 0 aliphatic heterocycles. The Labute approximate surface area is 130 Å². The minimum Gasteiger partial charge on any atom is -0.453 e. The Hall–Kier alpha value is -2.09. The van der Waals surface area contributed by atoms with Gasteiger partial charge in [0.2, 0.25) is 5.91 Å². The molecule has 8 heteroatoms. The summed E-state index contributed by atoms with van der Waals surface area (Å²) in [5.41, 5.74) is 0.571. The fraction of sp³-hybridized carbons (Fsp3) is 0.643. The molecule has 1 heterocycles. The van der Waals surface area contributed by atoms with Crippen LogP contribution in [0.1, 0.15) is 20.3 Å². The highest BCUT2D eigenvalue weighted by Gasteiger charge is 2.22. The normalized spacial score (nSPS) is 12.0. The molecule has 2 amide bonds. The lowest BCUT2D eigenvalue weighted by atomic mass is 10.0. The number of rotatable bonds is 8. The van der Waals surface area contributed by atoms with Crippen molar-refractivity contribution < 1.29 is 19.1 Å². The summed E-state index contributed by atoms with van der Waals surface area (Å²) >= 11 is 0. The van der Waals surface area contributed by atoms with Crippen molar-refractivity contribution in [3.63, 3.8) is 0 Å². The van der Waals surface area contributed by atoms with Crippen molar-refractivity contribution in [2.45, 2.75) is 32.9 Å². The molecule has 0 saturated heterocycles. The smallest absolute Gasteiger partial charge is 0.407 e. The number of ether oxygens (including phenoxy) is 2. The van der Waals surface area contributed by atoms with Gasteiger partial charge in [0.1, 0.15) is 6.04 Å². The Kier molecular flexibility index (Phi) is 7.38. The molecule has 1 aromatic rings. The van der Waals surface area contributed by atoms with E-state index in [9.17, 15) is 9.59 Å². The lowest BCUT2D eigenvalue weighted by Gasteiger charge is -2.18. The van der Waals surface area contributed by atoms with Crippen LogP contribution in [0.4, 0.5) is 10.5 Å². The standard InChI is InChI=1S/C14H24N4O4/c1-10(2)7-12(17-14(20)22-4)13(19)16-11-8-15-18(9-11)5-6-21-3/h8-10,12H,5-7H2,1-4H3,(H,16,19)(H,17,20)/t12-/m0/s1. The van der Waals surface area contributed by atoms with Crippen molar-refractivity contribution in [2.75, 3.05) is 26.1 Å². The van der Waals surface area contributed by atoms with E-state index < -0.39 is 12.1 Å². The summed E-state index contributed by atoms with van der Waals surface area (Å²) in [6, 6.07) is -0.658. The molecule has 0 aliphatic rings. The Morgan fingerprint density at radius 1 is 1.36 bits per heavy atom. The van der Waals surface area contributed by atoms with Gasteiger partial charge in [0.05, 0.1) is 32.1 Å². The van der Waals surface area contributed by atoms with Gasteiger partial charge < -0.3 is 20.1 Å². The van der Waals surface area contributed by atoms with Crippen LogP contribution in [0.3, 0.4) is 0 Å². The van der Waals surface area contributed by atoms with E-state index in [1.54, 1.807) is 24.2 Å². The minimum absolute atomic E-state index is 0.248. The van der Waals surface area contributed by atoms with Crippen molar-refractivity contribution in [3.05, 3.63) is 12.4 Å². The largest absolute Gasteiger partial charge is 0.453 e. The van der Waals surface area contributed by atoms with Gasteiger partial charge in [-0.2, -0.15) is 5.10 Å². The zero-order valence-electron chi connectivity index (χ0n) is 13.5. The number of nitrogens with one attached hydrogen (secondary N) is 2. The van der Waals surface area contributed by atoms with Gasteiger partial charge in [0, 0.05) is 13.3 Å². The fourth-order valence-corrected chi connectivity index (χ4v) is 1.87. The van der Waals surface area contributed by atoms with Crippen molar-refractivity contribution in [1.82, 2.24) is 15.1 Å². The fourth-order valence-electron chi connectivity index (χ4n) is 1.87. The first-order valence-electron chi connectivity index (χ1n) is 7.13. The molecule has 0 spiro atoms. The van der Waals surface area contributed by atoms with Crippen LogP contribution in [0, 0.1) is 5.92 Å². The summed E-state index contributed by atoms with van der Waals surface area (Å²) in [7, 11) is 2.88. The molecular formula is C14H24N4O4. The molecule has 0 aromatic carbocycles. The van der Waals surface area contributed by atoms with E-state index in [-0.39, 0.29) is 11.8 Å². The van der Waals surface area contributed by atoms with E-state index >= 15 is 0 Å². The first-order chi connectivity index (χ1) is 10.5. The van der Waals surface area contributed by atoms with Crippen LogP contribution in [0.2, 0.25) is 0 Å². The van der Waals surface area contributed by atoms with E-state index in [1.165, 1.54) is 7.11 Å². The molecular weight excluding hydrogens is 288 g/mol. The zero-order chi connectivity index (χ0) is 16.5. The molecule has 0 bridgehead atoms. The number of hydrogen-bond donors (Lipinski definition) is 2. The molecule has 2 N–H and O–H groups in total. The van der Waals surface area contributed by atoms with Crippen LogP contribution in [0.15, 0.2) is 12.4 Å². The highest BCUT2D eigenvalue weighted by molar-refractivity contribution is 5.96. The molecule has 1 rings (SSSR count). The lowest BCUT2D eigenvalue weighted by molar-refractivity contribution is -0.118. The van der Waals surface area contributed by atoms with Gasteiger partial charge >= 0.3 is 6.09 Å². The number of anilines is 1. The zero-order valence-corrected chi connectivity index (χ0v) is 13.5. The number of amides is 2. The molecule has 0 radical (unpaired) electrons. The number of aromatic nitrogens is 2. The third-order valence-electron chi connectivity index (χ3n) is 2.93. The van der Waals surface area contributed by atoms with Gasteiger partial charge in [-0.3, -0.25) is 9.48 Å². The highest BCUT2D eigenvalue weighted by atomic mass is 16.5. The van der Waals surface area contributed by atoms with Crippen molar-refractivity contribution in [2.24, 2.45) is 5.92 Å². The number of hydrogen-bond acceptors (Lipinski definition) is 5. The molecule has 0 unspecified atom stereocenters. The molecule has 0 aliphatic carbocycles. The summed E-state index contributed by atoms with van der Waals surface area (Å²) in [6.07, 6.45) is 3.15. The third-order valence-corrected chi connectivity index (χ3v) is 2.93. The lowest BCUT2D eigenvalue weighted by Crippen LogP contribution is -2.44. The van der Waals surface area contributed by atoms with Crippen LogP contribution in [-0.2, 0) is 20.8 Å². The van der Waals surface area contributed by atoms with Crippen LogP contribution < -0.4 is 10.6 Å².